The largest absolute Gasteiger partial charge is 0.433 e. The second kappa shape index (κ2) is 6.14. The van der Waals surface area contributed by atoms with Gasteiger partial charge >= 0.3 is 6.61 Å². The van der Waals surface area contributed by atoms with Crippen molar-refractivity contribution in [3.05, 3.63) is 59.7 Å². The third kappa shape index (κ3) is 3.54. The maximum absolute atomic E-state index is 12.3. The monoisotopic (exact) mass is 277 g/mol. The summed E-state index contributed by atoms with van der Waals surface area (Å²) < 4.78 is 28.9. The van der Waals surface area contributed by atoms with Gasteiger partial charge in [-0.2, -0.15) is 8.78 Å². The molecule has 0 fully saturated rings. The second-order valence-electron chi connectivity index (χ2n) is 4.20. The summed E-state index contributed by atoms with van der Waals surface area (Å²) in [7, 11) is 0. The van der Waals surface area contributed by atoms with Crippen molar-refractivity contribution in [1.82, 2.24) is 0 Å². The Morgan fingerprint density at radius 1 is 1.15 bits per heavy atom. The number of amides is 1. The minimum Gasteiger partial charge on any atom is -0.433 e. The zero-order chi connectivity index (χ0) is 14.5. The average Bonchev–Trinajstić information content (AvgIpc) is 2.40. The number of rotatable bonds is 4. The fourth-order valence-corrected chi connectivity index (χ4v) is 1.75. The Morgan fingerprint density at radius 3 is 2.60 bits per heavy atom. The molecule has 0 aliphatic rings. The van der Waals surface area contributed by atoms with Gasteiger partial charge in [-0.1, -0.05) is 29.8 Å². The summed E-state index contributed by atoms with van der Waals surface area (Å²) in [6.45, 7) is -1.07. The molecule has 2 rings (SSSR count). The van der Waals surface area contributed by atoms with Crippen LogP contribution >= 0.6 is 0 Å². The smallest absolute Gasteiger partial charge is 0.387 e. The Hall–Kier alpha value is -2.43. The Bertz CT molecular complexity index is 614. The summed E-state index contributed by atoms with van der Waals surface area (Å²) in [6, 6.07) is 13.1. The van der Waals surface area contributed by atoms with Gasteiger partial charge in [0, 0.05) is 5.56 Å². The lowest BCUT2D eigenvalue weighted by Crippen LogP contribution is -2.14. The Labute approximate surface area is 115 Å². The predicted molar refractivity (Wildman–Crippen MR) is 72.2 cm³/mol. The Kier molecular flexibility index (Phi) is 4.30. The SMILES string of the molecule is Cc1cccc(C(=O)Nc2ccccc2OC(F)F)c1. The topological polar surface area (TPSA) is 38.3 Å². The molecule has 0 atom stereocenters. The van der Waals surface area contributed by atoms with Crippen molar-refractivity contribution in [2.75, 3.05) is 5.32 Å². The zero-order valence-corrected chi connectivity index (χ0v) is 10.8. The van der Waals surface area contributed by atoms with Gasteiger partial charge in [-0.05, 0) is 31.2 Å². The van der Waals surface area contributed by atoms with E-state index in [-0.39, 0.29) is 17.3 Å². The summed E-state index contributed by atoms with van der Waals surface area (Å²) in [5, 5.41) is 2.56. The van der Waals surface area contributed by atoms with E-state index in [2.05, 4.69) is 10.1 Å². The molecule has 0 saturated heterocycles. The Balaban J connectivity index is 2.19. The van der Waals surface area contributed by atoms with Gasteiger partial charge in [0.2, 0.25) is 0 Å². The van der Waals surface area contributed by atoms with Crippen LogP contribution in [-0.2, 0) is 0 Å². The van der Waals surface area contributed by atoms with Gasteiger partial charge in [0.15, 0.2) is 0 Å². The van der Waals surface area contributed by atoms with Crippen LogP contribution in [0.25, 0.3) is 0 Å². The van der Waals surface area contributed by atoms with Crippen molar-refractivity contribution < 1.29 is 18.3 Å². The van der Waals surface area contributed by atoms with Crippen LogP contribution in [0.15, 0.2) is 48.5 Å². The van der Waals surface area contributed by atoms with Crippen LogP contribution in [0.1, 0.15) is 15.9 Å². The molecule has 0 aliphatic carbocycles. The predicted octanol–water partition coefficient (Wildman–Crippen LogP) is 3.85. The molecular weight excluding hydrogens is 264 g/mol. The molecule has 0 aliphatic heterocycles. The molecule has 0 radical (unpaired) electrons. The first-order chi connectivity index (χ1) is 9.56. The second-order valence-corrected chi connectivity index (χ2v) is 4.20. The van der Waals surface area contributed by atoms with Gasteiger partial charge < -0.3 is 10.1 Å². The third-order valence-electron chi connectivity index (χ3n) is 2.63. The van der Waals surface area contributed by atoms with E-state index < -0.39 is 6.61 Å². The normalized spacial score (nSPS) is 10.4. The number of ether oxygens (including phenoxy) is 1. The number of benzene rings is 2. The number of aryl methyl sites for hydroxylation is 1. The summed E-state index contributed by atoms with van der Waals surface area (Å²) in [5.74, 6) is -0.442. The quantitative estimate of drug-likeness (QED) is 0.921. The lowest BCUT2D eigenvalue weighted by molar-refractivity contribution is -0.0493. The highest BCUT2D eigenvalue weighted by Gasteiger charge is 2.12. The number of carbonyl (C=O) groups excluding carboxylic acids is 1. The first-order valence-corrected chi connectivity index (χ1v) is 5.98. The van der Waals surface area contributed by atoms with E-state index in [1.165, 1.54) is 12.1 Å². The summed E-state index contributed by atoms with van der Waals surface area (Å²) in [6.07, 6.45) is 0. The van der Waals surface area contributed by atoms with E-state index >= 15 is 0 Å². The zero-order valence-electron chi connectivity index (χ0n) is 10.8. The first kappa shape index (κ1) is 14.0. The van der Waals surface area contributed by atoms with Crippen LogP contribution in [0.2, 0.25) is 0 Å². The van der Waals surface area contributed by atoms with Crippen molar-refractivity contribution in [1.29, 1.82) is 0 Å². The lowest BCUT2D eigenvalue weighted by atomic mass is 10.1. The lowest BCUT2D eigenvalue weighted by Gasteiger charge is -2.11. The fourth-order valence-electron chi connectivity index (χ4n) is 1.75. The molecule has 0 aromatic heterocycles. The molecule has 0 saturated carbocycles. The van der Waals surface area contributed by atoms with Gasteiger partial charge in [0.25, 0.3) is 5.91 Å². The number of anilines is 1. The van der Waals surface area contributed by atoms with Gasteiger partial charge in [0.05, 0.1) is 5.69 Å². The molecule has 1 amide bonds. The van der Waals surface area contributed by atoms with Gasteiger partial charge in [-0.15, -0.1) is 0 Å². The summed E-state index contributed by atoms with van der Waals surface area (Å²) in [4.78, 5) is 12.1. The highest BCUT2D eigenvalue weighted by atomic mass is 19.3. The number of halogens is 2. The standard InChI is InChI=1S/C15H13F2NO2/c1-10-5-4-6-11(9-10)14(19)18-12-7-2-3-8-13(12)20-15(16)17/h2-9,15H,1H3,(H,18,19). The van der Waals surface area contributed by atoms with Crippen LogP contribution in [-0.4, -0.2) is 12.5 Å². The Morgan fingerprint density at radius 2 is 1.90 bits per heavy atom. The van der Waals surface area contributed by atoms with E-state index in [4.69, 9.17) is 0 Å². The van der Waals surface area contributed by atoms with E-state index in [1.54, 1.807) is 30.3 Å². The molecule has 2 aromatic rings. The number of hydrogen-bond donors (Lipinski definition) is 1. The maximum atomic E-state index is 12.3. The fraction of sp³-hybridized carbons (Fsp3) is 0.133. The average molecular weight is 277 g/mol. The number of carbonyl (C=O) groups is 1. The summed E-state index contributed by atoms with van der Waals surface area (Å²) >= 11 is 0. The molecule has 0 heterocycles. The minimum atomic E-state index is -2.94. The van der Waals surface area contributed by atoms with Crippen molar-refractivity contribution >= 4 is 11.6 Å². The molecule has 3 nitrogen and oxygen atoms in total. The molecule has 0 unspecified atom stereocenters. The molecule has 2 aromatic carbocycles. The molecule has 104 valence electrons. The van der Waals surface area contributed by atoms with Crippen LogP contribution in [0, 0.1) is 6.92 Å². The number of alkyl halides is 2. The van der Waals surface area contributed by atoms with Crippen molar-refractivity contribution in [2.45, 2.75) is 13.5 Å². The number of nitrogens with one attached hydrogen (secondary N) is 1. The van der Waals surface area contributed by atoms with E-state index in [1.807, 2.05) is 13.0 Å². The van der Waals surface area contributed by atoms with Gasteiger partial charge in [-0.3, -0.25) is 4.79 Å². The minimum absolute atomic E-state index is 0.0662. The van der Waals surface area contributed by atoms with E-state index in [0.29, 0.717) is 5.56 Å². The molecule has 5 heteroatoms. The molecule has 20 heavy (non-hydrogen) atoms. The molecular formula is C15H13F2NO2. The van der Waals surface area contributed by atoms with Crippen LogP contribution in [0.3, 0.4) is 0 Å². The highest BCUT2D eigenvalue weighted by molar-refractivity contribution is 6.05. The highest BCUT2D eigenvalue weighted by Crippen LogP contribution is 2.26. The first-order valence-electron chi connectivity index (χ1n) is 5.98. The molecule has 1 N–H and O–H groups in total. The third-order valence-corrected chi connectivity index (χ3v) is 2.63. The number of hydrogen-bond acceptors (Lipinski definition) is 2. The van der Waals surface area contributed by atoms with Crippen molar-refractivity contribution in [3.8, 4) is 5.75 Å². The van der Waals surface area contributed by atoms with E-state index in [9.17, 15) is 13.6 Å². The van der Waals surface area contributed by atoms with Crippen molar-refractivity contribution in [2.24, 2.45) is 0 Å². The van der Waals surface area contributed by atoms with Gasteiger partial charge in [-0.25, -0.2) is 0 Å². The van der Waals surface area contributed by atoms with Crippen molar-refractivity contribution in [3.63, 3.8) is 0 Å². The number of para-hydroxylation sites is 2. The van der Waals surface area contributed by atoms with E-state index in [0.717, 1.165) is 5.56 Å². The van der Waals surface area contributed by atoms with Crippen LogP contribution in [0.4, 0.5) is 14.5 Å². The summed E-state index contributed by atoms with van der Waals surface area (Å²) in [5.41, 5.74) is 1.60. The van der Waals surface area contributed by atoms with Gasteiger partial charge in [0.1, 0.15) is 5.75 Å². The van der Waals surface area contributed by atoms with Crippen LogP contribution in [0.5, 0.6) is 5.75 Å². The molecule has 0 spiro atoms. The maximum Gasteiger partial charge on any atom is 0.387 e. The van der Waals surface area contributed by atoms with Crippen LogP contribution < -0.4 is 10.1 Å². The molecule has 0 bridgehead atoms.